The van der Waals surface area contributed by atoms with Crippen LogP contribution in [0.2, 0.25) is 0 Å². The number of carbonyl (C=O) groups is 1. The normalized spacial score (nSPS) is 24.0. The summed E-state index contributed by atoms with van der Waals surface area (Å²) in [5, 5.41) is 13.2. The van der Waals surface area contributed by atoms with Crippen LogP contribution in [0.5, 0.6) is 0 Å². The number of aliphatic imine (C=N–C) groups is 1. The molecule has 0 aromatic carbocycles. The monoisotopic (exact) mass is 354 g/mol. The number of guanidine groups is 1. The Bertz CT molecular complexity index is 499. The van der Waals surface area contributed by atoms with E-state index in [9.17, 15) is 9.90 Å². The molecule has 7 heteroatoms. The van der Waals surface area contributed by atoms with Crippen LogP contribution in [0.25, 0.3) is 0 Å². The number of hydrogen-bond donors (Lipinski definition) is 2. The van der Waals surface area contributed by atoms with Gasteiger partial charge in [-0.05, 0) is 40.5 Å². The van der Waals surface area contributed by atoms with Crippen LogP contribution >= 0.6 is 0 Å². The summed E-state index contributed by atoms with van der Waals surface area (Å²) < 4.78 is 5.42. The second kappa shape index (κ2) is 7.91. The third-order valence-corrected chi connectivity index (χ3v) is 5.36. The van der Waals surface area contributed by atoms with Gasteiger partial charge in [0, 0.05) is 44.8 Å². The molecule has 2 saturated heterocycles. The van der Waals surface area contributed by atoms with E-state index in [0.717, 1.165) is 25.3 Å². The molecule has 1 amide bonds. The van der Waals surface area contributed by atoms with Crippen molar-refractivity contribution in [1.82, 2.24) is 15.1 Å². The van der Waals surface area contributed by atoms with E-state index in [2.05, 4.69) is 38.0 Å². The third-order valence-electron chi connectivity index (χ3n) is 5.36. The second-order valence-electron chi connectivity index (χ2n) is 8.20. The lowest BCUT2D eigenvalue weighted by molar-refractivity contribution is -0.145. The number of rotatable bonds is 4. The number of nitrogens with zero attached hydrogens (tertiary/aromatic N) is 3. The van der Waals surface area contributed by atoms with Crippen LogP contribution in [-0.2, 0) is 9.53 Å². The predicted molar refractivity (Wildman–Crippen MR) is 98.6 cm³/mol. The van der Waals surface area contributed by atoms with Crippen molar-refractivity contribution in [2.75, 3.05) is 46.5 Å². The predicted octanol–water partition coefficient (Wildman–Crippen LogP) is 0.682. The smallest absolute Gasteiger partial charge is 0.242 e. The fourth-order valence-electron chi connectivity index (χ4n) is 4.11. The molecule has 0 bridgehead atoms. The Morgan fingerprint density at radius 3 is 2.48 bits per heavy atom. The molecule has 0 aromatic heterocycles. The first kappa shape index (κ1) is 20.0. The van der Waals surface area contributed by atoms with Gasteiger partial charge in [0.15, 0.2) is 5.96 Å². The first-order valence-electron chi connectivity index (χ1n) is 9.21. The minimum atomic E-state index is -0.255. The summed E-state index contributed by atoms with van der Waals surface area (Å²) >= 11 is 0. The highest BCUT2D eigenvalue weighted by atomic mass is 16.5. The lowest BCUT2D eigenvalue weighted by atomic mass is 9.81. The molecule has 0 aromatic rings. The molecule has 2 aliphatic rings. The molecule has 2 rings (SSSR count). The van der Waals surface area contributed by atoms with Crippen molar-refractivity contribution in [3.8, 4) is 0 Å². The topological polar surface area (TPSA) is 77.4 Å². The molecule has 2 heterocycles. The number of ether oxygens (including phenoxy) is 1. The van der Waals surface area contributed by atoms with Crippen LogP contribution in [0.3, 0.4) is 0 Å². The van der Waals surface area contributed by atoms with Crippen molar-refractivity contribution in [3.63, 3.8) is 0 Å². The summed E-state index contributed by atoms with van der Waals surface area (Å²) in [4.78, 5) is 21.0. The van der Waals surface area contributed by atoms with Gasteiger partial charge in [-0.1, -0.05) is 0 Å². The lowest BCUT2D eigenvalue weighted by Crippen LogP contribution is -2.66. The zero-order chi connectivity index (χ0) is 18.7. The van der Waals surface area contributed by atoms with E-state index in [1.54, 1.807) is 7.05 Å². The number of nitrogens with one attached hydrogen (secondary N) is 1. The molecule has 25 heavy (non-hydrogen) atoms. The molecule has 0 atom stereocenters. The molecule has 2 N–H and O–H groups in total. The maximum absolute atomic E-state index is 12.7. The van der Waals surface area contributed by atoms with E-state index in [1.165, 1.54) is 0 Å². The summed E-state index contributed by atoms with van der Waals surface area (Å²) in [5.41, 5.74) is -0.429. The van der Waals surface area contributed by atoms with Crippen molar-refractivity contribution in [2.45, 2.75) is 52.1 Å². The van der Waals surface area contributed by atoms with Crippen LogP contribution in [0.15, 0.2) is 4.99 Å². The highest BCUT2D eigenvalue weighted by Gasteiger charge is 2.41. The molecular formula is C18H34N4O3. The summed E-state index contributed by atoms with van der Waals surface area (Å²) in [5.74, 6) is 0.848. The lowest BCUT2D eigenvalue weighted by Gasteiger charge is -2.49. The molecule has 0 radical (unpaired) electrons. The van der Waals surface area contributed by atoms with Crippen molar-refractivity contribution in [2.24, 2.45) is 10.4 Å². The number of aliphatic hydroxyl groups is 1. The van der Waals surface area contributed by atoms with Crippen molar-refractivity contribution >= 4 is 11.9 Å². The summed E-state index contributed by atoms with van der Waals surface area (Å²) in [6.45, 7) is 11.5. The number of carbonyl (C=O) groups excluding carboxylic acids is 1. The van der Waals surface area contributed by atoms with E-state index in [1.807, 2.05) is 9.80 Å². The van der Waals surface area contributed by atoms with Gasteiger partial charge in [0.2, 0.25) is 5.91 Å². The molecule has 2 aliphatic heterocycles. The molecule has 0 saturated carbocycles. The van der Waals surface area contributed by atoms with Gasteiger partial charge >= 0.3 is 0 Å². The summed E-state index contributed by atoms with van der Waals surface area (Å²) in [6, 6.07) is 0.180. The van der Waals surface area contributed by atoms with Crippen LogP contribution in [0.4, 0.5) is 0 Å². The van der Waals surface area contributed by atoms with Gasteiger partial charge in [0.05, 0.1) is 18.7 Å². The molecule has 0 unspecified atom stereocenters. The summed E-state index contributed by atoms with van der Waals surface area (Å²) in [6.07, 6.45) is 1.66. The highest BCUT2D eigenvalue weighted by Crippen LogP contribution is 2.29. The van der Waals surface area contributed by atoms with Crippen LogP contribution in [0.1, 0.15) is 40.5 Å². The standard InChI is InChI=1S/C18H34N4O3/c1-14(2)22-15(24)10-21(12-17(22,3)4)16(19-5)20-11-18(13-23)6-8-25-9-7-18/h14,23H,6-13H2,1-5H3,(H,19,20). The number of aliphatic hydroxyl groups excluding tert-OH is 1. The highest BCUT2D eigenvalue weighted by molar-refractivity contribution is 5.88. The van der Waals surface area contributed by atoms with Crippen LogP contribution in [0, 0.1) is 5.41 Å². The van der Waals surface area contributed by atoms with Gasteiger partial charge in [-0.2, -0.15) is 0 Å². The molecule has 0 spiro atoms. The number of hydrogen-bond acceptors (Lipinski definition) is 4. The average Bonchev–Trinajstić information content (AvgIpc) is 2.54. The molecule has 7 nitrogen and oxygen atoms in total. The third kappa shape index (κ3) is 4.44. The molecular weight excluding hydrogens is 320 g/mol. The molecule has 2 fully saturated rings. The van der Waals surface area contributed by atoms with E-state index >= 15 is 0 Å². The van der Waals surface area contributed by atoms with Crippen molar-refractivity contribution in [1.29, 1.82) is 0 Å². The van der Waals surface area contributed by atoms with Gasteiger partial charge in [0.1, 0.15) is 0 Å². The Morgan fingerprint density at radius 2 is 2.00 bits per heavy atom. The van der Waals surface area contributed by atoms with E-state index in [0.29, 0.717) is 26.3 Å². The van der Waals surface area contributed by atoms with E-state index in [-0.39, 0.29) is 29.5 Å². The fraction of sp³-hybridized carbons (Fsp3) is 0.889. The molecule has 144 valence electrons. The van der Waals surface area contributed by atoms with Gasteiger partial charge in [-0.25, -0.2) is 0 Å². The first-order chi connectivity index (χ1) is 11.7. The zero-order valence-electron chi connectivity index (χ0n) is 16.3. The first-order valence-corrected chi connectivity index (χ1v) is 9.21. The van der Waals surface area contributed by atoms with Gasteiger partial charge in [-0.15, -0.1) is 0 Å². The Kier molecular flexibility index (Phi) is 6.32. The minimum Gasteiger partial charge on any atom is -0.396 e. The Balaban J connectivity index is 2.05. The number of amides is 1. The SMILES string of the molecule is CN=C(NCC1(CO)CCOCC1)N1CC(=O)N(C(C)C)C(C)(C)C1. The quantitative estimate of drug-likeness (QED) is 0.574. The van der Waals surface area contributed by atoms with Gasteiger partial charge in [0.25, 0.3) is 0 Å². The maximum atomic E-state index is 12.7. The van der Waals surface area contributed by atoms with E-state index < -0.39 is 0 Å². The Labute approximate surface area is 151 Å². The van der Waals surface area contributed by atoms with Gasteiger partial charge in [-0.3, -0.25) is 9.79 Å². The second-order valence-corrected chi connectivity index (χ2v) is 8.20. The number of piperazine rings is 1. The van der Waals surface area contributed by atoms with Crippen LogP contribution in [-0.4, -0.2) is 84.9 Å². The zero-order valence-corrected chi connectivity index (χ0v) is 16.3. The van der Waals surface area contributed by atoms with Crippen molar-refractivity contribution < 1.29 is 14.6 Å². The van der Waals surface area contributed by atoms with E-state index in [4.69, 9.17) is 4.74 Å². The minimum absolute atomic E-state index is 0.122. The van der Waals surface area contributed by atoms with Gasteiger partial charge < -0.3 is 25.0 Å². The fourth-order valence-corrected chi connectivity index (χ4v) is 4.11. The maximum Gasteiger partial charge on any atom is 0.242 e. The van der Waals surface area contributed by atoms with Crippen LogP contribution < -0.4 is 5.32 Å². The Hall–Kier alpha value is -1.34. The summed E-state index contributed by atoms with van der Waals surface area (Å²) in [7, 11) is 1.74. The largest absolute Gasteiger partial charge is 0.396 e. The Morgan fingerprint density at radius 1 is 1.36 bits per heavy atom. The van der Waals surface area contributed by atoms with Crippen molar-refractivity contribution in [3.05, 3.63) is 0 Å². The molecule has 0 aliphatic carbocycles. The average molecular weight is 354 g/mol.